The Balaban J connectivity index is 0.00000147. The lowest BCUT2D eigenvalue weighted by atomic mass is 10.00. The van der Waals surface area contributed by atoms with Gasteiger partial charge in [-0.3, -0.25) is 4.79 Å². The number of ether oxygens (including phenoxy) is 1. The number of carbonyl (C=O) groups is 1. The van der Waals surface area contributed by atoms with E-state index in [1.807, 2.05) is 30.3 Å². The van der Waals surface area contributed by atoms with Gasteiger partial charge in [-0.25, -0.2) is 0 Å². The first-order valence-electron chi connectivity index (χ1n) is 7.03. The van der Waals surface area contributed by atoms with E-state index >= 15 is 0 Å². The number of benzene rings is 1. The number of amides is 1. The minimum Gasteiger partial charge on any atom is -0.484 e. The second-order valence-corrected chi connectivity index (χ2v) is 5.48. The quantitative estimate of drug-likeness (QED) is 0.892. The molecule has 1 aromatic rings. The van der Waals surface area contributed by atoms with Gasteiger partial charge in [0, 0.05) is 18.1 Å². The van der Waals surface area contributed by atoms with E-state index in [2.05, 4.69) is 10.6 Å². The summed E-state index contributed by atoms with van der Waals surface area (Å²) in [5, 5.41) is 6.65. The van der Waals surface area contributed by atoms with Crippen LogP contribution in [-0.4, -0.2) is 30.6 Å². The molecular formula is C15H21ClN2O2. The van der Waals surface area contributed by atoms with Crippen molar-refractivity contribution in [3.05, 3.63) is 30.3 Å². The molecular weight excluding hydrogens is 276 g/mol. The molecule has 0 spiro atoms. The van der Waals surface area contributed by atoms with Crippen LogP contribution in [0.5, 0.6) is 5.75 Å². The number of rotatable bonds is 4. The van der Waals surface area contributed by atoms with Crippen molar-refractivity contribution in [2.24, 2.45) is 0 Å². The van der Waals surface area contributed by atoms with Crippen molar-refractivity contribution in [1.82, 2.24) is 10.6 Å². The summed E-state index contributed by atoms with van der Waals surface area (Å²) in [5.74, 6) is 0.721. The minimum absolute atomic E-state index is 0. The molecule has 2 aliphatic rings. The van der Waals surface area contributed by atoms with Crippen LogP contribution in [-0.2, 0) is 4.79 Å². The zero-order chi connectivity index (χ0) is 13.1. The van der Waals surface area contributed by atoms with Gasteiger partial charge >= 0.3 is 0 Å². The van der Waals surface area contributed by atoms with Crippen LogP contribution in [0, 0.1) is 0 Å². The van der Waals surface area contributed by atoms with E-state index in [1.165, 1.54) is 12.8 Å². The van der Waals surface area contributed by atoms with Crippen LogP contribution in [0.2, 0.25) is 0 Å². The number of halogens is 1. The fourth-order valence-electron chi connectivity index (χ4n) is 3.11. The predicted molar refractivity (Wildman–Crippen MR) is 80.3 cm³/mol. The maximum Gasteiger partial charge on any atom is 0.258 e. The number of hydrogen-bond acceptors (Lipinski definition) is 3. The average molecular weight is 297 g/mol. The molecule has 2 saturated heterocycles. The van der Waals surface area contributed by atoms with Crippen molar-refractivity contribution in [3.63, 3.8) is 0 Å². The summed E-state index contributed by atoms with van der Waals surface area (Å²) in [6.07, 6.45) is 4.59. The molecule has 1 amide bonds. The van der Waals surface area contributed by atoms with E-state index < -0.39 is 0 Å². The first-order valence-corrected chi connectivity index (χ1v) is 7.03. The second kappa shape index (κ2) is 6.95. The third-order valence-corrected chi connectivity index (χ3v) is 3.95. The lowest BCUT2D eigenvalue weighted by Crippen LogP contribution is -2.48. The monoisotopic (exact) mass is 296 g/mol. The van der Waals surface area contributed by atoms with Gasteiger partial charge in [0.15, 0.2) is 6.61 Å². The Hall–Kier alpha value is -1.26. The SMILES string of the molecule is Cl.O=C(COc1ccccc1)NC1CC2CCC(C1)N2. The van der Waals surface area contributed by atoms with Crippen molar-refractivity contribution < 1.29 is 9.53 Å². The van der Waals surface area contributed by atoms with E-state index in [9.17, 15) is 4.79 Å². The molecule has 2 fully saturated rings. The molecule has 2 N–H and O–H groups in total. The van der Waals surface area contributed by atoms with Gasteiger partial charge in [-0.15, -0.1) is 12.4 Å². The van der Waals surface area contributed by atoms with Gasteiger partial charge in [0.05, 0.1) is 0 Å². The number of carbonyl (C=O) groups excluding carboxylic acids is 1. The smallest absolute Gasteiger partial charge is 0.258 e. The summed E-state index contributed by atoms with van der Waals surface area (Å²) in [4.78, 5) is 11.9. The Bertz CT molecular complexity index is 429. The third kappa shape index (κ3) is 3.87. The molecule has 2 heterocycles. The highest BCUT2D eigenvalue weighted by atomic mass is 35.5. The standard InChI is InChI=1S/C15H20N2O2.ClH/c18-15(10-19-14-4-2-1-3-5-14)17-13-8-11-6-7-12(9-13)16-11;/h1-5,11-13,16H,6-10H2,(H,17,18);1H. The van der Waals surface area contributed by atoms with Gasteiger partial charge < -0.3 is 15.4 Å². The fourth-order valence-corrected chi connectivity index (χ4v) is 3.11. The van der Waals surface area contributed by atoms with Crippen LogP contribution in [0.1, 0.15) is 25.7 Å². The van der Waals surface area contributed by atoms with E-state index in [0.29, 0.717) is 18.1 Å². The molecule has 2 aliphatic heterocycles. The molecule has 1 aromatic carbocycles. The molecule has 0 aliphatic carbocycles. The molecule has 4 nitrogen and oxygen atoms in total. The molecule has 20 heavy (non-hydrogen) atoms. The van der Waals surface area contributed by atoms with Gasteiger partial charge in [0.1, 0.15) is 5.75 Å². The topological polar surface area (TPSA) is 50.4 Å². The molecule has 3 rings (SSSR count). The highest BCUT2D eigenvalue weighted by Crippen LogP contribution is 2.26. The van der Waals surface area contributed by atoms with E-state index in [0.717, 1.165) is 18.6 Å². The Morgan fingerprint density at radius 1 is 1.20 bits per heavy atom. The maximum atomic E-state index is 11.9. The molecule has 2 atom stereocenters. The molecule has 0 radical (unpaired) electrons. The Morgan fingerprint density at radius 2 is 1.85 bits per heavy atom. The number of nitrogens with one attached hydrogen (secondary N) is 2. The minimum atomic E-state index is -0.0184. The van der Waals surface area contributed by atoms with Crippen LogP contribution >= 0.6 is 12.4 Å². The zero-order valence-corrected chi connectivity index (χ0v) is 12.2. The van der Waals surface area contributed by atoms with Crippen molar-refractivity contribution in [2.75, 3.05) is 6.61 Å². The van der Waals surface area contributed by atoms with Gasteiger partial charge in [0.25, 0.3) is 5.91 Å². The Labute approximate surface area is 125 Å². The highest BCUT2D eigenvalue weighted by molar-refractivity contribution is 5.85. The molecule has 2 bridgehead atoms. The van der Waals surface area contributed by atoms with Crippen LogP contribution < -0.4 is 15.4 Å². The summed E-state index contributed by atoms with van der Waals surface area (Å²) >= 11 is 0. The van der Waals surface area contributed by atoms with Gasteiger partial charge in [-0.1, -0.05) is 18.2 Å². The zero-order valence-electron chi connectivity index (χ0n) is 11.4. The van der Waals surface area contributed by atoms with Crippen LogP contribution in [0.15, 0.2) is 30.3 Å². The van der Waals surface area contributed by atoms with Crippen molar-refractivity contribution in [2.45, 2.75) is 43.8 Å². The summed E-state index contributed by atoms with van der Waals surface area (Å²) in [7, 11) is 0. The number of para-hydroxylation sites is 1. The van der Waals surface area contributed by atoms with E-state index in [4.69, 9.17) is 4.74 Å². The molecule has 5 heteroatoms. The molecule has 0 saturated carbocycles. The summed E-state index contributed by atoms with van der Waals surface area (Å²) < 4.78 is 5.45. The maximum absolute atomic E-state index is 11.9. The largest absolute Gasteiger partial charge is 0.484 e. The Kier molecular flexibility index (Phi) is 5.26. The number of piperidine rings is 1. The summed E-state index contributed by atoms with van der Waals surface area (Å²) in [6, 6.07) is 11.0. The second-order valence-electron chi connectivity index (χ2n) is 5.48. The van der Waals surface area contributed by atoms with Crippen molar-refractivity contribution in [3.8, 4) is 5.75 Å². The van der Waals surface area contributed by atoms with Crippen LogP contribution in [0.25, 0.3) is 0 Å². The normalized spacial score (nSPS) is 27.5. The lowest BCUT2D eigenvalue weighted by Gasteiger charge is -2.29. The Morgan fingerprint density at radius 3 is 2.50 bits per heavy atom. The molecule has 0 aromatic heterocycles. The van der Waals surface area contributed by atoms with Crippen LogP contribution in [0.4, 0.5) is 0 Å². The van der Waals surface area contributed by atoms with E-state index in [-0.39, 0.29) is 24.9 Å². The third-order valence-electron chi connectivity index (χ3n) is 3.95. The molecule has 2 unspecified atom stereocenters. The van der Waals surface area contributed by atoms with Gasteiger partial charge in [-0.05, 0) is 37.8 Å². The predicted octanol–water partition coefficient (Wildman–Crippen LogP) is 1.89. The van der Waals surface area contributed by atoms with Gasteiger partial charge in [-0.2, -0.15) is 0 Å². The summed E-state index contributed by atoms with van der Waals surface area (Å²) in [6.45, 7) is 0.100. The lowest BCUT2D eigenvalue weighted by molar-refractivity contribution is -0.124. The highest BCUT2D eigenvalue weighted by Gasteiger charge is 2.33. The first kappa shape index (κ1) is 15.1. The first-order chi connectivity index (χ1) is 9.29. The van der Waals surface area contributed by atoms with Gasteiger partial charge in [0.2, 0.25) is 0 Å². The van der Waals surface area contributed by atoms with Crippen molar-refractivity contribution in [1.29, 1.82) is 0 Å². The molecule has 110 valence electrons. The fraction of sp³-hybridized carbons (Fsp3) is 0.533. The summed E-state index contributed by atoms with van der Waals surface area (Å²) in [5.41, 5.74) is 0. The number of hydrogen-bond donors (Lipinski definition) is 2. The van der Waals surface area contributed by atoms with Crippen LogP contribution in [0.3, 0.4) is 0 Å². The average Bonchev–Trinajstić information content (AvgIpc) is 2.77. The van der Waals surface area contributed by atoms with Crippen molar-refractivity contribution >= 4 is 18.3 Å². The van der Waals surface area contributed by atoms with E-state index in [1.54, 1.807) is 0 Å². The number of fused-ring (bicyclic) bond motifs is 2.